The van der Waals surface area contributed by atoms with Crippen LogP contribution in [0.2, 0.25) is 0 Å². The average molecular weight is 275 g/mol. The number of pyridine rings is 1. The summed E-state index contributed by atoms with van der Waals surface area (Å²) in [5, 5.41) is 5.93. The number of nitrogens with one attached hydrogen (secondary N) is 2. The molecule has 0 aliphatic carbocycles. The van der Waals surface area contributed by atoms with Crippen LogP contribution in [-0.2, 0) is 0 Å². The smallest absolute Gasteiger partial charge is 0.269 e. The lowest BCUT2D eigenvalue weighted by atomic mass is 10.1. The highest BCUT2D eigenvalue weighted by atomic mass is 16.1. The van der Waals surface area contributed by atoms with Crippen LogP contribution in [0, 0.1) is 0 Å². The summed E-state index contributed by atoms with van der Waals surface area (Å²) in [6.07, 6.45) is 1.71. The molecule has 1 aromatic heterocycles. The zero-order valence-electron chi connectivity index (χ0n) is 11.8. The van der Waals surface area contributed by atoms with Crippen molar-refractivity contribution in [2.24, 2.45) is 0 Å². The fraction of sp³-hybridized carbons (Fsp3) is 0.571. The molecule has 20 heavy (non-hydrogen) atoms. The first kappa shape index (κ1) is 13.3. The second-order valence-electron chi connectivity index (χ2n) is 5.31. The number of amides is 1. The monoisotopic (exact) mass is 275 g/mol. The van der Waals surface area contributed by atoms with Crippen molar-refractivity contribution in [3.8, 4) is 0 Å². The topological polar surface area (TPSA) is 60.5 Å². The van der Waals surface area contributed by atoms with Gasteiger partial charge in [-0.2, -0.15) is 0 Å². The predicted molar refractivity (Wildman–Crippen MR) is 78.1 cm³/mol. The van der Waals surface area contributed by atoms with E-state index in [0.717, 1.165) is 51.0 Å². The van der Waals surface area contributed by atoms with Crippen LogP contribution in [0.5, 0.6) is 0 Å². The van der Waals surface area contributed by atoms with E-state index in [0.29, 0.717) is 5.69 Å². The predicted octanol–water partition coefficient (Wildman–Crippen LogP) is -0.465. The lowest BCUT2D eigenvalue weighted by Crippen LogP contribution is -2.61. The maximum atomic E-state index is 11.6. The van der Waals surface area contributed by atoms with Crippen LogP contribution in [0.15, 0.2) is 18.3 Å². The van der Waals surface area contributed by atoms with Gasteiger partial charge in [0.25, 0.3) is 5.91 Å². The Morgan fingerprint density at radius 1 is 1.35 bits per heavy atom. The van der Waals surface area contributed by atoms with Gasteiger partial charge in [0.2, 0.25) is 0 Å². The molecule has 6 nitrogen and oxygen atoms in total. The molecule has 1 amide bonds. The van der Waals surface area contributed by atoms with E-state index in [1.165, 1.54) is 0 Å². The van der Waals surface area contributed by atoms with E-state index in [9.17, 15) is 4.79 Å². The van der Waals surface area contributed by atoms with Crippen LogP contribution in [0.1, 0.15) is 10.5 Å². The Labute approximate surface area is 119 Å². The molecule has 0 spiro atoms. The van der Waals surface area contributed by atoms with Crippen molar-refractivity contribution in [3.05, 3.63) is 24.0 Å². The Bertz CT molecular complexity index is 480. The van der Waals surface area contributed by atoms with Gasteiger partial charge in [0.05, 0.1) is 0 Å². The Balaban J connectivity index is 1.63. The SMILES string of the molecule is CNC(=O)c1cc(N2CCN(C3CNC3)CC2)ccn1. The van der Waals surface area contributed by atoms with Gasteiger partial charge in [0, 0.05) is 64.2 Å². The molecule has 3 heterocycles. The quantitative estimate of drug-likeness (QED) is 0.781. The normalized spacial score (nSPS) is 20.6. The van der Waals surface area contributed by atoms with Crippen molar-refractivity contribution in [1.29, 1.82) is 0 Å². The molecule has 6 heteroatoms. The van der Waals surface area contributed by atoms with E-state index < -0.39 is 0 Å². The van der Waals surface area contributed by atoms with E-state index >= 15 is 0 Å². The number of nitrogens with zero attached hydrogens (tertiary/aromatic N) is 3. The number of anilines is 1. The Kier molecular flexibility index (Phi) is 3.84. The van der Waals surface area contributed by atoms with Gasteiger partial charge in [0.1, 0.15) is 5.69 Å². The molecule has 1 aromatic rings. The molecule has 0 radical (unpaired) electrons. The zero-order valence-corrected chi connectivity index (χ0v) is 11.8. The second-order valence-corrected chi connectivity index (χ2v) is 5.31. The number of carbonyl (C=O) groups is 1. The summed E-state index contributed by atoms with van der Waals surface area (Å²) >= 11 is 0. The molecule has 108 valence electrons. The largest absolute Gasteiger partial charge is 0.369 e. The zero-order chi connectivity index (χ0) is 13.9. The number of carbonyl (C=O) groups excluding carboxylic acids is 1. The van der Waals surface area contributed by atoms with Gasteiger partial charge >= 0.3 is 0 Å². The number of aromatic nitrogens is 1. The van der Waals surface area contributed by atoms with E-state index in [4.69, 9.17) is 0 Å². The summed E-state index contributed by atoms with van der Waals surface area (Å²) in [7, 11) is 1.63. The van der Waals surface area contributed by atoms with Gasteiger partial charge in [0.15, 0.2) is 0 Å². The summed E-state index contributed by atoms with van der Waals surface area (Å²) < 4.78 is 0. The molecule has 0 unspecified atom stereocenters. The van der Waals surface area contributed by atoms with Crippen molar-refractivity contribution >= 4 is 11.6 Å². The highest BCUT2D eigenvalue weighted by Crippen LogP contribution is 2.18. The number of rotatable bonds is 3. The minimum absolute atomic E-state index is 0.133. The number of hydrogen-bond acceptors (Lipinski definition) is 5. The fourth-order valence-corrected chi connectivity index (χ4v) is 2.75. The molecule has 0 bridgehead atoms. The first-order valence-corrected chi connectivity index (χ1v) is 7.16. The second kappa shape index (κ2) is 5.76. The molecule has 0 atom stereocenters. The van der Waals surface area contributed by atoms with Crippen LogP contribution in [0.25, 0.3) is 0 Å². The van der Waals surface area contributed by atoms with Crippen LogP contribution in [-0.4, -0.2) is 68.1 Å². The maximum absolute atomic E-state index is 11.6. The average Bonchev–Trinajstić information content (AvgIpc) is 2.45. The van der Waals surface area contributed by atoms with Gasteiger partial charge in [-0.05, 0) is 12.1 Å². The first-order chi connectivity index (χ1) is 9.78. The number of hydrogen-bond donors (Lipinski definition) is 2. The van der Waals surface area contributed by atoms with Gasteiger partial charge in [-0.1, -0.05) is 0 Å². The summed E-state index contributed by atoms with van der Waals surface area (Å²) in [5.74, 6) is -0.133. The minimum Gasteiger partial charge on any atom is -0.369 e. The third-order valence-electron chi connectivity index (χ3n) is 4.16. The summed E-state index contributed by atoms with van der Waals surface area (Å²) in [4.78, 5) is 20.6. The molecular formula is C14H21N5O. The van der Waals surface area contributed by atoms with Crippen LogP contribution in [0.4, 0.5) is 5.69 Å². The highest BCUT2D eigenvalue weighted by Gasteiger charge is 2.27. The molecular weight excluding hydrogens is 254 g/mol. The summed E-state index contributed by atoms with van der Waals surface area (Å²) in [6, 6.07) is 4.57. The van der Waals surface area contributed by atoms with E-state index in [1.54, 1.807) is 13.2 Å². The third-order valence-corrected chi connectivity index (χ3v) is 4.16. The van der Waals surface area contributed by atoms with Crippen molar-refractivity contribution in [1.82, 2.24) is 20.5 Å². The Hall–Kier alpha value is -1.66. The molecule has 2 fully saturated rings. The summed E-state index contributed by atoms with van der Waals surface area (Å²) in [5.41, 5.74) is 1.57. The molecule has 2 aliphatic rings. The van der Waals surface area contributed by atoms with Gasteiger partial charge in [-0.25, -0.2) is 0 Å². The third kappa shape index (κ3) is 2.62. The van der Waals surface area contributed by atoms with Crippen LogP contribution in [0.3, 0.4) is 0 Å². The molecule has 2 N–H and O–H groups in total. The van der Waals surface area contributed by atoms with Crippen LogP contribution >= 0.6 is 0 Å². The van der Waals surface area contributed by atoms with Crippen molar-refractivity contribution in [2.45, 2.75) is 6.04 Å². The molecule has 2 aliphatic heterocycles. The highest BCUT2D eigenvalue weighted by molar-refractivity contribution is 5.92. The first-order valence-electron chi connectivity index (χ1n) is 7.16. The van der Waals surface area contributed by atoms with Gasteiger partial charge < -0.3 is 15.5 Å². The number of piperazine rings is 1. The molecule has 0 aromatic carbocycles. The lowest BCUT2D eigenvalue weighted by molar-refractivity contribution is 0.0958. The van der Waals surface area contributed by atoms with Crippen molar-refractivity contribution < 1.29 is 4.79 Å². The molecule has 2 saturated heterocycles. The van der Waals surface area contributed by atoms with Gasteiger partial charge in [-0.3, -0.25) is 14.7 Å². The van der Waals surface area contributed by atoms with Crippen molar-refractivity contribution in [2.75, 3.05) is 51.2 Å². The fourth-order valence-electron chi connectivity index (χ4n) is 2.75. The maximum Gasteiger partial charge on any atom is 0.269 e. The van der Waals surface area contributed by atoms with Crippen LogP contribution < -0.4 is 15.5 Å². The Morgan fingerprint density at radius 2 is 2.10 bits per heavy atom. The molecule has 3 rings (SSSR count). The minimum atomic E-state index is -0.133. The summed E-state index contributed by atoms with van der Waals surface area (Å²) in [6.45, 7) is 6.43. The Morgan fingerprint density at radius 3 is 2.70 bits per heavy atom. The standard InChI is InChI=1S/C14H21N5O/c1-15-14(20)13-8-11(2-3-17-13)18-4-6-19(7-5-18)12-9-16-10-12/h2-3,8,12,16H,4-7,9-10H2,1H3,(H,15,20). The lowest BCUT2D eigenvalue weighted by Gasteiger charge is -2.43. The van der Waals surface area contributed by atoms with E-state index in [1.807, 2.05) is 12.1 Å². The van der Waals surface area contributed by atoms with Crippen molar-refractivity contribution in [3.63, 3.8) is 0 Å². The van der Waals surface area contributed by atoms with Gasteiger partial charge in [-0.15, -0.1) is 0 Å². The van der Waals surface area contributed by atoms with E-state index in [-0.39, 0.29) is 5.91 Å². The van der Waals surface area contributed by atoms with E-state index in [2.05, 4.69) is 25.4 Å². The molecule has 0 saturated carbocycles.